The normalized spacial score (nSPS) is 11.8. The highest BCUT2D eigenvalue weighted by atomic mass is 16.5. The average Bonchev–Trinajstić information content (AvgIpc) is 2.39. The zero-order valence-corrected chi connectivity index (χ0v) is 12.6. The van der Waals surface area contributed by atoms with Gasteiger partial charge in [0, 0.05) is 0 Å². The Balaban J connectivity index is 2.69. The Hall–Kier alpha value is -1.75. The molecule has 0 saturated heterocycles. The molecule has 2 heteroatoms. The molecule has 19 heavy (non-hydrogen) atoms. The molecule has 0 saturated carbocycles. The Morgan fingerprint density at radius 2 is 1.79 bits per heavy atom. The van der Waals surface area contributed by atoms with Crippen LogP contribution in [0.25, 0.3) is 0 Å². The van der Waals surface area contributed by atoms with Gasteiger partial charge in [-0.3, -0.25) is 0 Å². The quantitative estimate of drug-likeness (QED) is 0.579. The molecule has 0 aliphatic rings. The Morgan fingerprint density at radius 3 is 2.37 bits per heavy atom. The van der Waals surface area contributed by atoms with Crippen LogP contribution in [-0.2, 0) is 11.2 Å². The third-order valence-corrected chi connectivity index (χ3v) is 3.69. The summed E-state index contributed by atoms with van der Waals surface area (Å²) in [5, 5.41) is 9.07. The largest absolute Gasteiger partial charge is 0.500 e. The van der Waals surface area contributed by atoms with Crippen LogP contribution in [0.4, 0.5) is 0 Å². The lowest BCUT2D eigenvalue weighted by Crippen LogP contribution is -1.95. The zero-order chi connectivity index (χ0) is 14.4. The third kappa shape index (κ3) is 4.13. The van der Waals surface area contributed by atoms with Crippen LogP contribution in [0.2, 0.25) is 0 Å². The minimum absolute atomic E-state index is 0.735. The van der Waals surface area contributed by atoms with Gasteiger partial charge in [-0.15, -0.1) is 0 Å². The highest BCUT2D eigenvalue weighted by Gasteiger charge is 2.05. The molecule has 102 valence electrons. The maximum absolute atomic E-state index is 9.07. The van der Waals surface area contributed by atoms with Crippen molar-refractivity contribution < 1.29 is 4.74 Å². The second kappa shape index (κ2) is 6.99. The van der Waals surface area contributed by atoms with Crippen molar-refractivity contribution in [3.05, 3.63) is 45.7 Å². The van der Waals surface area contributed by atoms with Crippen molar-refractivity contribution in [2.75, 3.05) is 7.11 Å². The second-order valence-electron chi connectivity index (χ2n) is 5.07. The molecule has 0 atom stereocenters. The van der Waals surface area contributed by atoms with Gasteiger partial charge in [-0.1, -0.05) is 12.1 Å². The van der Waals surface area contributed by atoms with E-state index in [2.05, 4.69) is 39.0 Å². The Labute approximate surface area is 116 Å². The van der Waals surface area contributed by atoms with Crippen LogP contribution >= 0.6 is 0 Å². The Bertz CT molecular complexity index is 521. The number of rotatable bonds is 5. The minimum Gasteiger partial charge on any atom is -0.500 e. The van der Waals surface area contributed by atoms with E-state index in [-0.39, 0.29) is 0 Å². The van der Waals surface area contributed by atoms with E-state index in [1.165, 1.54) is 22.3 Å². The minimum atomic E-state index is 0.735. The molecular weight excluding hydrogens is 234 g/mol. The first kappa shape index (κ1) is 15.3. The highest BCUT2D eigenvalue weighted by Crippen LogP contribution is 2.19. The fraction of sp³-hybridized carbons (Fsp3) is 0.471. The SMILES string of the molecule is CO/C(C)=C(/C#N)CCCc1cc(C)c(C)cc1C. The Morgan fingerprint density at radius 1 is 1.16 bits per heavy atom. The van der Waals surface area contributed by atoms with Gasteiger partial charge in [0.25, 0.3) is 0 Å². The summed E-state index contributed by atoms with van der Waals surface area (Å²) in [6.45, 7) is 8.29. The summed E-state index contributed by atoms with van der Waals surface area (Å²) >= 11 is 0. The smallest absolute Gasteiger partial charge is 0.106 e. The zero-order valence-electron chi connectivity index (χ0n) is 12.6. The van der Waals surface area contributed by atoms with Crippen LogP contribution in [0.1, 0.15) is 42.0 Å². The van der Waals surface area contributed by atoms with Crippen LogP contribution in [0.15, 0.2) is 23.5 Å². The van der Waals surface area contributed by atoms with E-state index in [1.807, 2.05) is 6.92 Å². The summed E-state index contributed by atoms with van der Waals surface area (Å²) in [5.41, 5.74) is 6.16. The molecule has 0 aliphatic heterocycles. The molecule has 0 heterocycles. The van der Waals surface area contributed by atoms with E-state index in [4.69, 9.17) is 10.00 Å². The van der Waals surface area contributed by atoms with Gasteiger partial charge in [-0.25, -0.2) is 0 Å². The molecule has 1 rings (SSSR count). The van der Waals surface area contributed by atoms with Crippen molar-refractivity contribution in [3.8, 4) is 6.07 Å². The molecule has 0 aliphatic carbocycles. The van der Waals surface area contributed by atoms with Gasteiger partial charge in [0.05, 0.1) is 18.8 Å². The van der Waals surface area contributed by atoms with Crippen molar-refractivity contribution in [1.29, 1.82) is 5.26 Å². The predicted molar refractivity (Wildman–Crippen MR) is 78.9 cm³/mol. The van der Waals surface area contributed by atoms with Gasteiger partial charge in [0.2, 0.25) is 0 Å². The molecule has 0 fully saturated rings. The van der Waals surface area contributed by atoms with Gasteiger partial charge in [0.15, 0.2) is 0 Å². The van der Waals surface area contributed by atoms with E-state index in [0.29, 0.717) is 0 Å². The predicted octanol–water partition coefficient (Wildman–Crippen LogP) is 4.38. The van der Waals surface area contributed by atoms with Gasteiger partial charge < -0.3 is 4.74 Å². The summed E-state index contributed by atoms with van der Waals surface area (Å²) in [6, 6.07) is 6.74. The van der Waals surface area contributed by atoms with E-state index in [9.17, 15) is 0 Å². The summed E-state index contributed by atoms with van der Waals surface area (Å²) in [7, 11) is 1.61. The molecule has 0 amide bonds. The van der Waals surface area contributed by atoms with Crippen molar-refractivity contribution in [3.63, 3.8) is 0 Å². The fourth-order valence-corrected chi connectivity index (χ4v) is 2.18. The first-order chi connectivity index (χ1) is 8.99. The number of ether oxygens (including phenoxy) is 1. The number of benzene rings is 1. The molecule has 0 N–H and O–H groups in total. The van der Waals surface area contributed by atoms with Crippen molar-refractivity contribution >= 4 is 0 Å². The standard InChI is InChI=1S/C17H23NO/c1-12-9-14(3)16(10-13(12)2)7-6-8-17(11-18)15(4)19-5/h9-10H,6-8H2,1-5H3/b17-15+. The number of nitrogens with zero attached hydrogens (tertiary/aromatic N) is 1. The van der Waals surface area contributed by atoms with Crippen molar-refractivity contribution in [1.82, 2.24) is 0 Å². The molecule has 0 spiro atoms. The summed E-state index contributed by atoms with van der Waals surface area (Å²) in [5.74, 6) is 0.735. The van der Waals surface area contributed by atoms with Crippen molar-refractivity contribution in [2.24, 2.45) is 0 Å². The van der Waals surface area contributed by atoms with Crippen LogP contribution in [0.5, 0.6) is 0 Å². The van der Waals surface area contributed by atoms with E-state index < -0.39 is 0 Å². The lowest BCUT2D eigenvalue weighted by atomic mass is 9.96. The number of hydrogen-bond donors (Lipinski definition) is 0. The van der Waals surface area contributed by atoms with Crippen LogP contribution < -0.4 is 0 Å². The summed E-state index contributed by atoms with van der Waals surface area (Å²) in [6.07, 6.45) is 2.77. The number of allylic oxidation sites excluding steroid dienone is 2. The van der Waals surface area contributed by atoms with E-state index in [0.717, 1.165) is 30.6 Å². The number of methoxy groups -OCH3 is 1. The lowest BCUT2D eigenvalue weighted by Gasteiger charge is -2.10. The summed E-state index contributed by atoms with van der Waals surface area (Å²) in [4.78, 5) is 0. The van der Waals surface area contributed by atoms with Gasteiger partial charge >= 0.3 is 0 Å². The van der Waals surface area contributed by atoms with Gasteiger partial charge in [0.1, 0.15) is 5.76 Å². The number of aryl methyl sites for hydroxylation is 4. The second-order valence-corrected chi connectivity index (χ2v) is 5.07. The molecule has 1 aromatic carbocycles. The molecule has 0 bridgehead atoms. The van der Waals surface area contributed by atoms with E-state index >= 15 is 0 Å². The maximum atomic E-state index is 9.07. The van der Waals surface area contributed by atoms with E-state index in [1.54, 1.807) is 7.11 Å². The Kier molecular flexibility index (Phi) is 5.63. The van der Waals surface area contributed by atoms with Crippen LogP contribution in [0.3, 0.4) is 0 Å². The molecule has 0 aromatic heterocycles. The van der Waals surface area contributed by atoms with Gasteiger partial charge in [-0.2, -0.15) is 5.26 Å². The lowest BCUT2D eigenvalue weighted by molar-refractivity contribution is 0.289. The fourth-order valence-electron chi connectivity index (χ4n) is 2.18. The first-order valence-electron chi connectivity index (χ1n) is 6.70. The van der Waals surface area contributed by atoms with Crippen molar-refractivity contribution in [2.45, 2.75) is 47.0 Å². The topological polar surface area (TPSA) is 33.0 Å². The molecule has 2 nitrogen and oxygen atoms in total. The average molecular weight is 257 g/mol. The first-order valence-corrected chi connectivity index (χ1v) is 6.70. The molecule has 0 unspecified atom stereocenters. The third-order valence-electron chi connectivity index (χ3n) is 3.69. The molecule has 1 aromatic rings. The van der Waals surface area contributed by atoms with Gasteiger partial charge in [-0.05, 0) is 69.2 Å². The molecular formula is C17H23NO. The number of hydrogen-bond acceptors (Lipinski definition) is 2. The number of nitriles is 1. The maximum Gasteiger partial charge on any atom is 0.106 e. The summed E-state index contributed by atoms with van der Waals surface area (Å²) < 4.78 is 5.12. The van der Waals surface area contributed by atoms with Crippen LogP contribution in [-0.4, -0.2) is 7.11 Å². The monoisotopic (exact) mass is 257 g/mol. The highest BCUT2D eigenvalue weighted by molar-refractivity contribution is 5.36. The van der Waals surface area contributed by atoms with Crippen LogP contribution in [0, 0.1) is 32.1 Å². The molecule has 0 radical (unpaired) electrons.